The molecule has 4 N–H and O–H groups in total. The summed E-state index contributed by atoms with van der Waals surface area (Å²) in [6.07, 6.45) is 0. The van der Waals surface area contributed by atoms with Crippen molar-refractivity contribution in [2.45, 2.75) is 20.4 Å². The molecule has 0 spiro atoms. The lowest BCUT2D eigenvalue weighted by Crippen LogP contribution is -2.38. The molecular formula is C11H18N4O2S. The third kappa shape index (κ3) is 4.80. The molecule has 0 radical (unpaired) electrons. The number of rotatable bonds is 6. The molecule has 0 atom stereocenters. The second kappa shape index (κ2) is 7.07. The molecule has 100 valence electrons. The molecular weight excluding hydrogens is 252 g/mol. The highest BCUT2D eigenvalue weighted by Crippen LogP contribution is 2.08. The molecule has 0 bridgehead atoms. The summed E-state index contributed by atoms with van der Waals surface area (Å²) in [7, 11) is 0. The number of hydrogen-bond acceptors (Lipinski definition) is 5. The molecule has 0 saturated heterocycles. The van der Waals surface area contributed by atoms with Crippen LogP contribution in [-0.2, 0) is 11.3 Å². The van der Waals surface area contributed by atoms with Gasteiger partial charge in [-0.3, -0.25) is 9.59 Å². The van der Waals surface area contributed by atoms with E-state index in [1.807, 2.05) is 13.8 Å². The highest BCUT2D eigenvalue weighted by atomic mass is 32.1. The van der Waals surface area contributed by atoms with Crippen LogP contribution in [0, 0.1) is 5.92 Å². The van der Waals surface area contributed by atoms with Gasteiger partial charge < -0.3 is 16.4 Å². The molecule has 0 aliphatic carbocycles. The summed E-state index contributed by atoms with van der Waals surface area (Å²) >= 11 is 1.33. The van der Waals surface area contributed by atoms with Crippen LogP contribution in [0.4, 0.5) is 0 Å². The van der Waals surface area contributed by atoms with E-state index in [1.165, 1.54) is 11.3 Å². The van der Waals surface area contributed by atoms with Crippen LogP contribution in [0.2, 0.25) is 0 Å². The van der Waals surface area contributed by atoms with Crippen molar-refractivity contribution >= 4 is 23.2 Å². The number of aromatic nitrogens is 1. The van der Waals surface area contributed by atoms with Gasteiger partial charge >= 0.3 is 0 Å². The van der Waals surface area contributed by atoms with E-state index in [0.717, 1.165) is 0 Å². The first-order valence-electron chi connectivity index (χ1n) is 5.72. The van der Waals surface area contributed by atoms with E-state index in [9.17, 15) is 9.59 Å². The monoisotopic (exact) mass is 270 g/mol. The smallest absolute Gasteiger partial charge is 0.271 e. The highest BCUT2D eigenvalue weighted by Gasteiger charge is 2.11. The minimum atomic E-state index is -0.356. The standard InChI is InChI=1S/C11H18N4O2S/c1-7(2)4-13-9(16)5-14-11(17)8-6-18-10(3-12)15-8/h6-7H,3-5,12H2,1-2H3,(H,13,16)(H,14,17). The number of amides is 2. The van der Waals surface area contributed by atoms with E-state index < -0.39 is 0 Å². The van der Waals surface area contributed by atoms with Gasteiger partial charge in [0.15, 0.2) is 0 Å². The van der Waals surface area contributed by atoms with E-state index in [-0.39, 0.29) is 18.4 Å². The molecule has 0 fully saturated rings. The summed E-state index contributed by atoms with van der Waals surface area (Å²) in [5.41, 5.74) is 5.71. The SMILES string of the molecule is CC(C)CNC(=O)CNC(=O)c1csc(CN)n1. The zero-order chi connectivity index (χ0) is 13.5. The molecule has 1 heterocycles. The number of hydrogen-bond donors (Lipinski definition) is 3. The van der Waals surface area contributed by atoms with Crippen molar-refractivity contribution in [3.8, 4) is 0 Å². The summed E-state index contributed by atoms with van der Waals surface area (Å²) in [6.45, 7) is 4.88. The Morgan fingerprint density at radius 2 is 2.17 bits per heavy atom. The van der Waals surface area contributed by atoms with Crippen LogP contribution >= 0.6 is 11.3 Å². The summed E-state index contributed by atoms with van der Waals surface area (Å²) < 4.78 is 0. The van der Waals surface area contributed by atoms with Gasteiger partial charge in [0, 0.05) is 18.5 Å². The third-order valence-corrected chi connectivity index (χ3v) is 2.95. The fourth-order valence-corrected chi connectivity index (χ4v) is 1.80. The van der Waals surface area contributed by atoms with Crippen LogP contribution in [0.5, 0.6) is 0 Å². The quantitative estimate of drug-likeness (QED) is 0.683. The first kappa shape index (κ1) is 14.6. The predicted octanol–water partition coefficient (Wildman–Crippen LogP) is 0.104. The Morgan fingerprint density at radius 3 is 2.72 bits per heavy atom. The molecule has 18 heavy (non-hydrogen) atoms. The van der Waals surface area contributed by atoms with Gasteiger partial charge in [-0.25, -0.2) is 4.98 Å². The van der Waals surface area contributed by atoms with Crippen molar-refractivity contribution < 1.29 is 9.59 Å². The van der Waals surface area contributed by atoms with Gasteiger partial charge in [0.05, 0.1) is 6.54 Å². The first-order chi connectivity index (χ1) is 8.52. The van der Waals surface area contributed by atoms with Crippen LogP contribution in [0.25, 0.3) is 0 Å². The average Bonchev–Trinajstić information content (AvgIpc) is 2.82. The fraction of sp³-hybridized carbons (Fsp3) is 0.545. The molecule has 6 nitrogen and oxygen atoms in total. The Morgan fingerprint density at radius 1 is 1.44 bits per heavy atom. The molecule has 1 aromatic heterocycles. The van der Waals surface area contributed by atoms with Gasteiger partial charge in [-0.05, 0) is 5.92 Å². The number of nitrogens with one attached hydrogen (secondary N) is 2. The number of nitrogens with two attached hydrogens (primary N) is 1. The molecule has 1 rings (SSSR count). The van der Waals surface area contributed by atoms with Gasteiger partial charge in [-0.1, -0.05) is 13.8 Å². The number of carbonyl (C=O) groups is 2. The topological polar surface area (TPSA) is 97.1 Å². The van der Waals surface area contributed by atoms with Gasteiger partial charge in [-0.15, -0.1) is 11.3 Å². The van der Waals surface area contributed by atoms with Gasteiger partial charge in [0.1, 0.15) is 10.7 Å². The van der Waals surface area contributed by atoms with Crippen LogP contribution < -0.4 is 16.4 Å². The zero-order valence-corrected chi connectivity index (χ0v) is 11.3. The highest BCUT2D eigenvalue weighted by molar-refractivity contribution is 7.09. The van der Waals surface area contributed by atoms with Gasteiger partial charge in [0.25, 0.3) is 5.91 Å². The molecule has 0 saturated carbocycles. The van der Waals surface area contributed by atoms with Gasteiger partial charge in [0.2, 0.25) is 5.91 Å². The third-order valence-electron chi connectivity index (χ3n) is 2.08. The Kier molecular flexibility index (Phi) is 5.73. The maximum atomic E-state index is 11.6. The molecule has 0 aliphatic rings. The zero-order valence-electron chi connectivity index (χ0n) is 10.5. The lowest BCUT2D eigenvalue weighted by atomic mass is 10.2. The Bertz CT molecular complexity index is 417. The minimum Gasteiger partial charge on any atom is -0.354 e. The van der Waals surface area contributed by atoms with Gasteiger partial charge in [-0.2, -0.15) is 0 Å². The second-order valence-electron chi connectivity index (χ2n) is 4.21. The number of nitrogens with zero attached hydrogens (tertiary/aromatic N) is 1. The second-order valence-corrected chi connectivity index (χ2v) is 5.15. The molecule has 7 heteroatoms. The predicted molar refractivity (Wildman–Crippen MR) is 70.2 cm³/mol. The first-order valence-corrected chi connectivity index (χ1v) is 6.60. The van der Waals surface area contributed by atoms with E-state index in [1.54, 1.807) is 5.38 Å². The van der Waals surface area contributed by atoms with E-state index in [0.29, 0.717) is 29.7 Å². The van der Waals surface area contributed by atoms with Crippen molar-refractivity contribution in [1.82, 2.24) is 15.6 Å². The van der Waals surface area contributed by atoms with Crippen molar-refractivity contribution in [1.29, 1.82) is 0 Å². The molecule has 0 unspecified atom stereocenters. The number of carbonyl (C=O) groups excluding carboxylic acids is 2. The van der Waals surface area contributed by atoms with E-state index in [2.05, 4.69) is 15.6 Å². The Labute approximate surface area is 110 Å². The van der Waals surface area contributed by atoms with Crippen molar-refractivity contribution in [2.75, 3.05) is 13.1 Å². The van der Waals surface area contributed by atoms with Crippen molar-refractivity contribution in [3.63, 3.8) is 0 Å². The summed E-state index contributed by atoms with van der Waals surface area (Å²) in [5.74, 6) is -0.174. The van der Waals surface area contributed by atoms with Crippen LogP contribution in [0.1, 0.15) is 29.3 Å². The molecule has 0 aromatic carbocycles. The Hall–Kier alpha value is -1.47. The lowest BCUT2D eigenvalue weighted by molar-refractivity contribution is -0.120. The minimum absolute atomic E-state index is 0.0406. The molecule has 0 aliphatic heterocycles. The van der Waals surface area contributed by atoms with E-state index >= 15 is 0 Å². The normalized spacial score (nSPS) is 10.4. The van der Waals surface area contributed by atoms with Crippen molar-refractivity contribution in [3.05, 3.63) is 16.1 Å². The fourth-order valence-electron chi connectivity index (χ4n) is 1.14. The summed E-state index contributed by atoms with van der Waals surface area (Å²) in [5, 5.41) is 7.55. The van der Waals surface area contributed by atoms with Crippen molar-refractivity contribution in [2.24, 2.45) is 11.7 Å². The number of thiazole rings is 1. The van der Waals surface area contributed by atoms with Crippen LogP contribution in [0.15, 0.2) is 5.38 Å². The van der Waals surface area contributed by atoms with E-state index in [4.69, 9.17) is 5.73 Å². The maximum Gasteiger partial charge on any atom is 0.271 e. The average molecular weight is 270 g/mol. The summed E-state index contributed by atoms with van der Waals surface area (Å²) in [6, 6.07) is 0. The lowest BCUT2D eigenvalue weighted by Gasteiger charge is -2.07. The summed E-state index contributed by atoms with van der Waals surface area (Å²) in [4.78, 5) is 27.0. The van der Waals surface area contributed by atoms with Crippen LogP contribution in [0.3, 0.4) is 0 Å². The molecule has 2 amide bonds. The maximum absolute atomic E-state index is 11.6. The Balaban J connectivity index is 2.34. The molecule has 1 aromatic rings. The largest absolute Gasteiger partial charge is 0.354 e. The van der Waals surface area contributed by atoms with Crippen LogP contribution in [-0.4, -0.2) is 29.9 Å².